The molecule has 0 aromatic rings. The lowest BCUT2D eigenvalue weighted by atomic mass is 10.2. The van der Waals surface area contributed by atoms with Crippen LogP contribution in [0.2, 0.25) is 0 Å². The quantitative estimate of drug-likeness (QED) is 0.201. The molecule has 6 nitrogen and oxygen atoms in total. The first-order chi connectivity index (χ1) is 8.26. The lowest BCUT2D eigenvalue weighted by molar-refractivity contribution is 0.197. The van der Waals surface area contributed by atoms with E-state index in [9.17, 15) is 4.21 Å². The zero-order chi connectivity index (χ0) is 12.5. The predicted molar refractivity (Wildman–Crippen MR) is 70.2 cm³/mol. The smallest absolute Gasteiger partial charge is 0.205 e. The second-order valence-electron chi connectivity index (χ2n) is 3.99. The van der Waals surface area contributed by atoms with Crippen molar-refractivity contribution in [3.8, 4) is 0 Å². The molecule has 1 rings (SSSR count). The van der Waals surface area contributed by atoms with Crippen LogP contribution in [-0.2, 0) is 15.5 Å². The largest absolute Gasteiger partial charge is 0.385 e. The van der Waals surface area contributed by atoms with Gasteiger partial charge in [-0.2, -0.15) is 0 Å². The summed E-state index contributed by atoms with van der Waals surface area (Å²) in [6.07, 6.45) is 2.69. The van der Waals surface area contributed by atoms with E-state index in [1.54, 1.807) is 7.11 Å². The molecule has 1 saturated heterocycles. The van der Waals surface area contributed by atoms with Gasteiger partial charge in [0.2, 0.25) is 5.96 Å². The monoisotopic (exact) mass is 262 g/mol. The second kappa shape index (κ2) is 8.43. The third-order valence-electron chi connectivity index (χ3n) is 2.64. The van der Waals surface area contributed by atoms with Crippen LogP contribution >= 0.6 is 0 Å². The van der Waals surface area contributed by atoms with Gasteiger partial charge in [0.25, 0.3) is 0 Å². The van der Waals surface area contributed by atoms with Gasteiger partial charge in [-0.15, -0.1) is 0 Å². The number of hydrogen-bond donors (Lipinski definition) is 3. The van der Waals surface area contributed by atoms with Gasteiger partial charge in [-0.05, 0) is 19.3 Å². The number of hydrazine groups is 1. The Balaban J connectivity index is 2.27. The standard InChI is InChI=1S/C10H22N4O2S/c1-16-6-2-5-12-10(14-11)13-9-3-7-17(15)8-4-9/h9H,2-8,11H2,1H3,(H2,12,13,14). The average Bonchev–Trinajstić information content (AvgIpc) is 2.35. The molecule has 0 unspecified atom stereocenters. The van der Waals surface area contributed by atoms with Gasteiger partial charge >= 0.3 is 0 Å². The molecule has 0 atom stereocenters. The molecule has 1 aliphatic heterocycles. The summed E-state index contributed by atoms with van der Waals surface area (Å²) in [4.78, 5) is 4.31. The molecule has 1 heterocycles. The topological polar surface area (TPSA) is 88.7 Å². The predicted octanol–water partition coefficient (Wildman–Crippen LogP) is -0.657. The van der Waals surface area contributed by atoms with E-state index in [-0.39, 0.29) is 0 Å². The molecule has 0 amide bonds. The number of guanidine groups is 1. The minimum Gasteiger partial charge on any atom is -0.385 e. The normalized spacial score (nSPS) is 25.6. The molecule has 0 bridgehead atoms. The van der Waals surface area contributed by atoms with Gasteiger partial charge in [0.05, 0.1) is 0 Å². The maximum absolute atomic E-state index is 11.2. The molecule has 0 saturated carbocycles. The van der Waals surface area contributed by atoms with Gasteiger partial charge < -0.3 is 10.1 Å². The number of aliphatic imine (C=N–C) groups is 1. The second-order valence-corrected chi connectivity index (χ2v) is 5.68. The molecule has 7 heteroatoms. The molecule has 100 valence electrons. The van der Waals surface area contributed by atoms with Crippen molar-refractivity contribution in [1.29, 1.82) is 0 Å². The fourth-order valence-electron chi connectivity index (χ4n) is 1.66. The average molecular weight is 262 g/mol. The van der Waals surface area contributed by atoms with Crippen molar-refractivity contribution in [2.45, 2.75) is 25.3 Å². The van der Waals surface area contributed by atoms with Crippen LogP contribution in [0.15, 0.2) is 4.99 Å². The van der Waals surface area contributed by atoms with Crippen molar-refractivity contribution in [3.05, 3.63) is 0 Å². The Morgan fingerprint density at radius 2 is 2.24 bits per heavy atom. The number of hydrogen-bond acceptors (Lipinski definition) is 4. The zero-order valence-electron chi connectivity index (χ0n) is 10.3. The molecular formula is C10H22N4O2S. The number of ether oxygens (including phenoxy) is 1. The number of methoxy groups -OCH3 is 1. The van der Waals surface area contributed by atoms with Crippen LogP contribution < -0.4 is 16.6 Å². The van der Waals surface area contributed by atoms with Crippen molar-refractivity contribution < 1.29 is 8.95 Å². The highest BCUT2D eigenvalue weighted by Crippen LogP contribution is 2.08. The van der Waals surface area contributed by atoms with Crippen LogP contribution in [0.5, 0.6) is 0 Å². The van der Waals surface area contributed by atoms with Crippen molar-refractivity contribution in [2.24, 2.45) is 10.8 Å². The maximum atomic E-state index is 11.2. The first kappa shape index (κ1) is 14.4. The zero-order valence-corrected chi connectivity index (χ0v) is 11.1. The Morgan fingerprint density at radius 1 is 1.53 bits per heavy atom. The summed E-state index contributed by atoms with van der Waals surface area (Å²) in [6, 6.07) is 0.324. The molecule has 0 aromatic carbocycles. The van der Waals surface area contributed by atoms with E-state index < -0.39 is 10.8 Å². The number of rotatable bonds is 5. The Bertz CT molecular complexity index is 263. The Morgan fingerprint density at radius 3 is 2.82 bits per heavy atom. The van der Waals surface area contributed by atoms with Gasteiger partial charge in [-0.25, -0.2) is 5.84 Å². The highest BCUT2D eigenvalue weighted by molar-refractivity contribution is 7.85. The van der Waals surface area contributed by atoms with Crippen molar-refractivity contribution in [1.82, 2.24) is 10.7 Å². The minimum atomic E-state index is -0.634. The van der Waals surface area contributed by atoms with Crippen molar-refractivity contribution in [2.75, 3.05) is 31.8 Å². The van der Waals surface area contributed by atoms with E-state index in [1.165, 1.54) is 0 Å². The van der Waals surface area contributed by atoms with Gasteiger partial charge in [0.1, 0.15) is 0 Å². The van der Waals surface area contributed by atoms with E-state index in [0.717, 1.165) is 30.8 Å². The van der Waals surface area contributed by atoms with Crippen LogP contribution in [0.3, 0.4) is 0 Å². The van der Waals surface area contributed by atoms with Gasteiger partial charge in [0, 0.05) is 48.6 Å². The van der Waals surface area contributed by atoms with Gasteiger partial charge in [0.15, 0.2) is 0 Å². The Kier molecular flexibility index (Phi) is 7.14. The molecule has 0 spiro atoms. The van der Waals surface area contributed by atoms with E-state index in [1.807, 2.05) is 0 Å². The molecule has 1 fully saturated rings. The highest BCUT2D eigenvalue weighted by Gasteiger charge is 2.18. The molecule has 0 radical (unpaired) electrons. The Labute approximate surface area is 105 Å². The highest BCUT2D eigenvalue weighted by atomic mass is 32.2. The van der Waals surface area contributed by atoms with E-state index >= 15 is 0 Å². The molecule has 4 N–H and O–H groups in total. The van der Waals surface area contributed by atoms with E-state index in [0.29, 0.717) is 25.2 Å². The number of nitrogens with zero attached hydrogens (tertiary/aromatic N) is 1. The third kappa shape index (κ3) is 5.99. The van der Waals surface area contributed by atoms with Crippen molar-refractivity contribution >= 4 is 16.8 Å². The lowest BCUT2D eigenvalue weighted by Gasteiger charge is -2.23. The van der Waals surface area contributed by atoms with Crippen LogP contribution in [0, 0.1) is 0 Å². The maximum Gasteiger partial charge on any atom is 0.205 e. The first-order valence-electron chi connectivity index (χ1n) is 5.87. The van der Waals surface area contributed by atoms with Gasteiger partial charge in [-0.3, -0.25) is 14.6 Å². The summed E-state index contributed by atoms with van der Waals surface area (Å²) in [7, 11) is 1.04. The molecule has 1 aliphatic rings. The van der Waals surface area contributed by atoms with Crippen LogP contribution in [0.1, 0.15) is 19.3 Å². The van der Waals surface area contributed by atoms with Crippen LogP contribution in [-0.4, -0.2) is 48.0 Å². The third-order valence-corrected chi connectivity index (χ3v) is 4.02. The summed E-state index contributed by atoms with van der Waals surface area (Å²) in [6.45, 7) is 1.38. The van der Waals surface area contributed by atoms with E-state index in [2.05, 4.69) is 15.7 Å². The molecule has 0 aliphatic carbocycles. The molecular weight excluding hydrogens is 240 g/mol. The summed E-state index contributed by atoms with van der Waals surface area (Å²) in [5.74, 6) is 7.53. The SMILES string of the molecule is COCCCN=C(NN)NC1CCS(=O)CC1. The van der Waals surface area contributed by atoms with Crippen LogP contribution in [0.25, 0.3) is 0 Å². The van der Waals surface area contributed by atoms with Gasteiger partial charge in [-0.1, -0.05) is 0 Å². The summed E-state index contributed by atoms with van der Waals surface area (Å²) in [5, 5.41) is 3.24. The summed E-state index contributed by atoms with van der Waals surface area (Å²) in [5.41, 5.74) is 2.56. The number of nitrogens with two attached hydrogens (primary N) is 1. The van der Waals surface area contributed by atoms with Crippen LogP contribution in [0.4, 0.5) is 0 Å². The summed E-state index contributed by atoms with van der Waals surface area (Å²) < 4.78 is 16.2. The lowest BCUT2D eigenvalue weighted by Crippen LogP contribution is -2.48. The minimum absolute atomic E-state index is 0.324. The summed E-state index contributed by atoms with van der Waals surface area (Å²) >= 11 is 0. The fraction of sp³-hybridized carbons (Fsp3) is 0.900. The fourth-order valence-corrected chi connectivity index (χ4v) is 2.96. The molecule has 0 aromatic heterocycles. The van der Waals surface area contributed by atoms with Crippen molar-refractivity contribution in [3.63, 3.8) is 0 Å². The number of nitrogens with one attached hydrogen (secondary N) is 2. The van der Waals surface area contributed by atoms with E-state index in [4.69, 9.17) is 10.6 Å². The molecule has 17 heavy (non-hydrogen) atoms. The Hall–Kier alpha value is -0.660. The first-order valence-corrected chi connectivity index (χ1v) is 7.36.